The maximum absolute atomic E-state index is 12.1. The predicted octanol–water partition coefficient (Wildman–Crippen LogP) is 2.64. The molecule has 2 heterocycles. The SMILES string of the molecule is Cc1ccc2oc(C(=O)N[C@H]3CCCNC3)cc2c1.Cl. The third kappa shape index (κ3) is 3.14. The van der Waals surface area contributed by atoms with Crippen molar-refractivity contribution in [2.24, 2.45) is 0 Å². The van der Waals surface area contributed by atoms with Gasteiger partial charge in [0.15, 0.2) is 5.76 Å². The summed E-state index contributed by atoms with van der Waals surface area (Å²) >= 11 is 0. The number of aryl methyl sites for hydroxylation is 1. The standard InChI is InChI=1S/C15H18N2O2.ClH/c1-10-4-5-13-11(7-10)8-14(19-13)15(18)17-12-3-2-6-16-9-12;/h4-5,7-8,12,16H,2-3,6,9H2,1H3,(H,17,18);1H/t12-;/m0./s1. The molecule has 1 aromatic carbocycles. The molecule has 2 aromatic rings. The molecule has 0 aliphatic carbocycles. The van der Waals surface area contributed by atoms with Crippen LogP contribution < -0.4 is 10.6 Å². The number of benzene rings is 1. The van der Waals surface area contributed by atoms with Gasteiger partial charge < -0.3 is 15.1 Å². The smallest absolute Gasteiger partial charge is 0.287 e. The highest BCUT2D eigenvalue weighted by atomic mass is 35.5. The summed E-state index contributed by atoms with van der Waals surface area (Å²) in [6.45, 7) is 3.90. The third-order valence-electron chi connectivity index (χ3n) is 3.53. The Balaban J connectivity index is 0.00000147. The second kappa shape index (κ2) is 6.29. The van der Waals surface area contributed by atoms with E-state index in [1.165, 1.54) is 0 Å². The number of furan rings is 1. The molecule has 5 heteroatoms. The van der Waals surface area contributed by atoms with Crippen LogP contribution in [0.15, 0.2) is 28.7 Å². The summed E-state index contributed by atoms with van der Waals surface area (Å²) in [4.78, 5) is 12.1. The Morgan fingerprint density at radius 1 is 1.40 bits per heavy atom. The molecule has 0 radical (unpaired) electrons. The Morgan fingerprint density at radius 3 is 3.00 bits per heavy atom. The van der Waals surface area contributed by atoms with Crippen LogP contribution >= 0.6 is 12.4 Å². The Hall–Kier alpha value is -1.52. The van der Waals surface area contributed by atoms with Crippen LogP contribution in [0.4, 0.5) is 0 Å². The molecule has 0 saturated carbocycles. The van der Waals surface area contributed by atoms with Gasteiger partial charge in [-0.05, 0) is 44.5 Å². The first-order chi connectivity index (χ1) is 9.22. The van der Waals surface area contributed by atoms with Crippen molar-refractivity contribution in [3.8, 4) is 0 Å². The maximum Gasteiger partial charge on any atom is 0.287 e. The molecule has 1 aromatic heterocycles. The van der Waals surface area contributed by atoms with Crippen LogP contribution in [0, 0.1) is 6.92 Å². The minimum Gasteiger partial charge on any atom is -0.451 e. The number of amides is 1. The van der Waals surface area contributed by atoms with E-state index in [-0.39, 0.29) is 24.4 Å². The molecule has 108 valence electrons. The van der Waals surface area contributed by atoms with Gasteiger partial charge in [0.2, 0.25) is 0 Å². The van der Waals surface area contributed by atoms with E-state index in [1.54, 1.807) is 0 Å². The molecule has 0 unspecified atom stereocenters. The quantitative estimate of drug-likeness (QED) is 0.895. The van der Waals surface area contributed by atoms with Crippen molar-refractivity contribution in [1.29, 1.82) is 0 Å². The van der Waals surface area contributed by atoms with Crippen LogP contribution in [0.25, 0.3) is 11.0 Å². The zero-order valence-electron chi connectivity index (χ0n) is 11.4. The van der Waals surface area contributed by atoms with E-state index in [0.717, 1.165) is 42.5 Å². The largest absolute Gasteiger partial charge is 0.451 e. The van der Waals surface area contributed by atoms with E-state index in [2.05, 4.69) is 10.6 Å². The van der Waals surface area contributed by atoms with Gasteiger partial charge in [-0.3, -0.25) is 4.79 Å². The average molecular weight is 295 g/mol. The molecule has 0 bridgehead atoms. The van der Waals surface area contributed by atoms with Crippen LogP contribution in [0.2, 0.25) is 0 Å². The minimum absolute atomic E-state index is 0. The molecule has 2 N–H and O–H groups in total. The van der Waals surface area contributed by atoms with Crippen molar-refractivity contribution in [3.05, 3.63) is 35.6 Å². The number of hydrogen-bond acceptors (Lipinski definition) is 3. The Labute approximate surface area is 124 Å². The highest BCUT2D eigenvalue weighted by molar-refractivity contribution is 5.96. The summed E-state index contributed by atoms with van der Waals surface area (Å²) < 4.78 is 5.59. The second-order valence-corrected chi connectivity index (χ2v) is 5.17. The normalized spacial score (nSPS) is 18.6. The number of nitrogens with one attached hydrogen (secondary N) is 2. The monoisotopic (exact) mass is 294 g/mol. The summed E-state index contributed by atoms with van der Waals surface area (Å²) in [7, 11) is 0. The lowest BCUT2D eigenvalue weighted by Crippen LogP contribution is -2.45. The van der Waals surface area contributed by atoms with Crippen molar-refractivity contribution in [2.75, 3.05) is 13.1 Å². The molecular formula is C15H19ClN2O2. The molecule has 3 rings (SSSR count). The third-order valence-corrected chi connectivity index (χ3v) is 3.53. The zero-order chi connectivity index (χ0) is 13.2. The van der Waals surface area contributed by atoms with Gasteiger partial charge in [-0.15, -0.1) is 12.4 Å². The lowest BCUT2D eigenvalue weighted by Gasteiger charge is -2.23. The summed E-state index contributed by atoms with van der Waals surface area (Å²) in [6, 6.07) is 7.93. The summed E-state index contributed by atoms with van der Waals surface area (Å²) in [5, 5.41) is 7.27. The van der Waals surface area contributed by atoms with Gasteiger partial charge in [0.25, 0.3) is 5.91 Å². The van der Waals surface area contributed by atoms with Gasteiger partial charge in [0.05, 0.1) is 0 Å². The maximum atomic E-state index is 12.1. The average Bonchev–Trinajstić information content (AvgIpc) is 2.83. The van der Waals surface area contributed by atoms with E-state index in [4.69, 9.17) is 4.42 Å². The van der Waals surface area contributed by atoms with Gasteiger partial charge in [-0.25, -0.2) is 0 Å². The fraction of sp³-hybridized carbons (Fsp3) is 0.400. The number of fused-ring (bicyclic) bond motifs is 1. The van der Waals surface area contributed by atoms with E-state index in [9.17, 15) is 4.79 Å². The molecule has 1 aliphatic heterocycles. The van der Waals surface area contributed by atoms with Gasteiger partial charge >= 0.3 is 0 Å². The summed E-state index contributed by atoms with van der Waals surface area (Å²) in [5.74, 6) is 0.272. The Morgan fingerprint density at radius 2 is 2.25 bits per heavy atom. The molecule has 1 fully saturated rings. The van der Waals surface area contributed by atoms with Crippen LogP contribution in [0.1, 0.15) is 29.0 Å². The minimum atomic E-state index is -0.123. The van der Waals surface area contributed by atoms with Gasteiger partial charge in [-0.1, -0.05) is 11.6 Å². The predicted molar refractivity (Wildman–Crippen MR) is 81.6 cm³/mol. The topological polar surface area (TPSA) is 54.3 Å². The number of carbonyl (C=O) groups is 1. The van der Waals surface area contributed by atoms with E-state index >= 15 is 0 Å². The van der Waals surface area contributed by atoms with Crippen molar-refractivity contribution in [3.63, 3.8) is 0 Å². The highest BCUT2D eigenvalue weighted by Crippen LogP contribution is 2.20. The first kappa shape index (κ1) is 14.9. The van der Waals surface area contributed by atoms with Gasteiger partial charge in [0.1, 0.15) is 5.58 Å². The van der Waals surface area contributed by atoms with E-state index in [1.807, 2.05) is 31.2 Å². The van der Waals surface area contributed by atoms with Crippen LogP contribution in [0.3, 0.4) is 0 Å². The van der Waals surface area contributed by atoms with Crippen molar-refractivity contribution in [2.45, 2.75) is 25.8 Å². The van der Waals surface area contributed by atoms with Crippen LogP contribution in [-0.2, 0) is 0 Å². The zero-order valence-corrected chi connectivity index (χ0v) is 12.3. The molecule has 1 saturated heterocycles. The molecule has 4 nitrogen and oxygen atoms in total. The molecule has 1 atom stereocenters. The highest BCUT2D eigenvalue weighted by Gasteiger charge is 2.18. The van der Waals surface area contributed by atoms with Crippen LogP contribution in [-0.4, -0.2) is 25.0 Å². The number of rotatable bonds is 2. The first-order valence-corrected chi connectivity index (χ1v) is 6.74. The molecule has 1 amide bonds. The Kier molecular flexibility index (Phi) is 4.68. The summed E-state index contributed by atoms with van der Waals surface area (Å²) in [6.07, 6.45) is 2.13. The Bertz CT molecular complexity index is 603. The van der Waals surface area contributed by atoms with Crippen LogP contribution in [0.5, 0.6) is 0 Å². The number of hydrogen-bond donors (Lipinski definition) is 2. The number of halogens is 1. The lowest BCUT2D eigenvalue weighted by molar-refractivity contribution is 0.0905. The van der Waals surface area contributed by atoms with Crippen molar-refractivity contribution in [1.82, 2.24) is 10.6 Å². The molecule has 1 aliphatic rings. The van der Waals surface area contributed by atoms with Gasteiger partial charge in [0, 0.05) is 18.0 Å². The fourth-order valence-corrected chi connectivity index (χ4v) is 2.51. The van der Waals surface area contributed by atoms with Gasteiger partial charge in [-0.2, -0.15) is 0 Å². The first-order valence-electron chi connectivity index (χ1n) is 6.74. The fourth-order valence-electron chi connectivity index (χ4n) is 2.51. The van der Waals surface area contributed by atoms with Crippen molar-refractivity contribution >= 4 is 29.3 Å². The summed E-state index contributed by atoms with van der Waals surface area (Å²) in [5.41, 5.74) is 1.93. The second-order valence-electron chi connectivity index (χ2n) is 5.17. The van der Waals surface area contributed by atoms with E-state index < -0.39 is 0 Å². The molecule has 0 spiro atoms. The number of piperidine rings is 1. The van der Waals surface area contributed by atoms with Crippen molar-refractivity contribution < 1.29 is 9.21 Å². The lowest BCUT2D eigenvalue weighted by atomic mass is 10.1. The van der Waals surface area contributed by atoms with E-state index in [0.29, 0.717) is 5.76 Å². The molecular weight excluding hydrogens is 276 g/mol. The molecule has 20 heavy (non-hydrogen) atoms. The number of carbonyl (C=O) groups excluding carboxylic acids is 1.